The van der Waals surface area contributed by atoms with Crippen LogP contribution in [0.3, 0.4) is 0 Å². The van der Waals surface area contributed by atoms with Gasteiger partial charge < -0.3 is 15.5 Å². The number of aryl methyl sites for hydroxylation is 1. The minimum Gasteiger partial charge on any atom is -0.480 e. The zero-order chi connectivity index (χ0) is 12.8. The van der Waals surface area contributed by atoms with Crippen molar-refractivity contribution in [3.05, 3.63) is 35.4 Å². The third kappa shape index (κ3) is 3.57. The van der Waals surface area contributed by atoms with Crippen LogP contribution in [0, 0.1) is 0 Å². The van der Waals surface area contributed by atoms with Crippen molar-refractivity contribution >= 4 is 11.9 Å². The molecule has 0 aliphatic heterocycles. The molecule has 0 spiro atoms. The molecule has 1 aromatic carbocycles. The minimum absolute atomic E-state index is 0.377. The lowest BCUT2D eigenvalue weighted by Gasteiger charge is -2.11. The van der Waals surface area contributed by atoms with E-state index in [1.165, 1.54) is 0 Å². The lowest BCUT2D eigenvalue weighted by molar-refractivity contribution is -0.140. The number of hydrogen-bond donors (Lipinski definition) is 3. The van der Waals surface area contributed by atoms with Gasteiger partial charge in [0.15, 0.2) is 6.04 Å². The Bertz CT molecular complexity index is 399. The Morgan fingerprint density at radius 1 is 1.29 bits per heavy atom. The molecule has 1 aromatic rings. The third-order valence-corrected chi connectivity index (χ3v) is 2.41. The fraction of sp³-hybridized carbons (Fsp3) is 0.333. The van der Waals surface area contributed by atoms with E-state index >= 15 is 0 Å². The second-order valence-corrected chi connectivity index (χ2v) is 3.60. The smallest absolute Gasteiger partial charge is 0.328 e. The third-order valence-electron chi connectivity index (χ3n) is 2.41. The van der Waals surface area contributed by atoms with Gasteiger partial charge in [-0.1, -0.05) is 19.1 Å². The molecule has 17 heavy (non-hydrogen) atoms. The Labute approximate surface area is 99.1 Å². The summed E-state index contributed by atoms with van der Waals surface area (Å²) in [5.74, 6) is -1.76. The van der Waals surface area contributed by atoms with Gasteiger partial charge in [0.1, 0.15) is 0 Å². The lowest BCUT2D eigenvalue weighted by atomic mass is 10.1. The predicted molar refractivity (Wildman–Crippen MR) is 61.8 cm³/mol. The molecule has 0 bridgehead atoms. The highest BCUT2D eigenvalue weighted by atomic mass is 16.4. The average Bonchev–Trinajstić information content (AvgIpc) is 2.35. The first kappa shape index (κ1) is 13.2. The molecule has 0 saturated carbocycles. The fourth-order valence-corrected chi connectivity index (χ4v) is 1.32. The molecule has 0 aliphatic rings. The summed E-state index contributed by atoms with van der Waals surface area (Å²) in [4.78, 5) is 22.3. The largest absolute Gasteiger partial charge is 0.480 e. The van der Waals surface area contributed by atoms with Crippen LogP contribution < -0.4 is 5.32 Å². The molecule has 0 aliphatic carbocycles. The van der Waals surface area contributed by atoms with Crippen molar-refractivity contribution in [1.29, 1.82) is 0 Å². The maximum absolute atomic E-state index is 11.6. The van der Waals surface area contributed by atoms with Crippen LogP contribution in [0.2, 0.25) is 0 Å². The summed E-state index contributed by atoms with van der Waals surface area (Å²) in [5, 5.41) is 19.7. The topological polar surface area (TPSA) is 86.6 Å². The normalized spacial score (nSPS) is 11.9. The summed E-state index contributed by atoms with van der Waals surface area (Å²) in [6.45, 7) is 1.37. The van der Waals surface area contributed by atoms with Crippen LogP contribution in [0.1, 0.15) is 22.8 Å². The van der Waals surface area contributed by atoms with E-state index in [1.54, 1.807) is 12.1 Å². The van der Waals surface area contributed by atoms with Gasteiger partial charge in [-0.05, 0) is 24.1 Å². The molecule has 5 heteroatoms. The molecule has 1 amide bonds. The summed E-state index contributed by atoms with van der Waals surface area (Å²) in [6, 6.07) is 5.61. The van der Waals surface area contributed by atoms with E-state index in [0.717, 1.165) is 12.0 Å². The number of carbonyl (C=O) groups excluding carboxylic acids is 1. The average molecular weight is 237 g/mol. The maximum atomic E-state index is 11.6. The number of carbonyl (C=O) groups is 2. The van der Waals surface area contributed by atoms with Crippen LogP contribution in [0.15, 0.2) is 24.3 Å². The van der Waals surface area contributed by atoms with E-state index in [1.807, 2.05) is 19.1 Å². The van der Waals surface area contributed by atoms with E-state index in [2.05, 4.69) is 5.32 Å². The Balaban J connectivity index is 2.72. The Morgan fingerprint density at radius 2 is 1.88 bits per heavy atom. The van der Waals surface area contributed by atoms with Crippen molar-refractivity contribution in [2.75, 3.05) is 6.61 Å². The highest BCUT2D eigenvalue weighted by Gasteiger charge is 2.19. The molecular formula is C12H15NO4. The maximum Gasteiger partial charge on any atom is 0.328 e. The summed E-state index contributed by atoms with van der Waals surface area (Å²) in [7, 11) is 0. The van der Waals surface area contributed by atoms with Crippen LogP contribution in [0.5, 0.6) is 0 Å². The van der Waals surface area contributed by atoms with Gasteiger partial charge >= 0.3 is 5.97 Å². The Hall–Kier alpha value is -1.88. The summed E-state index contributed by atoms with van der Waals surface area (Å²) >= 11 is 0. The molecule has 92 valence electrons. The van der Waals surface area contributed by atoms with Gasteiger partial charge in [-0.25, -0.2) is 4.79 Å². The van der Waals surface area contributed by atoms with Gasteiger partial charge in [-0.15, -0.1) is 0 Å². The number of aliphatic carboxylic acids is 1. The number of rotatable bonds is 5. The number of hydrogen-bond acceptors (Lipinski definition) is 3. The van der Waals surface area contributed by atoms with Gasteiger partial charge in [-0.3, -0.25) is 4.79 Å². The van der Waals surface area contributed by atoms with Crippen LogP contribution in [-0.2, 0) is 11.2 Å². The number of benzene rings is 1. The van der Waals surface area contributed by atoms with Gasteiger partial charge in [0.2, 0.25) is 0 Å². The molecule has 0 fully saturated rings. The molecule has 1 unspecified atom stereocenters. The standard InChI is InChI=1S/C12H15NO4/c1-2-8-3-5-9(6-4-8)11(15)13-10(7-14)12(16)17/h3-6,10,14H,2,7H2,1H3,(H,13,15)(H,16,17). The van der Waals surface area contributed by atoms with Gasteiger partial charge in [0, 0.05) is 5.56 Å². The number of carboxylic acid groups (broad SMARTS) is 1. The van der Waals surface area contributed by atoms with E-state index < -0.39 is 24.5 Å². The first-order valence-corrected chi connectivity index (χ1v) is 5.32. The van der Waals surface area contributed by atoms with E-state index in [-0.39, 0.29) is 0 Å². The Kier molecular flexibility index (Phi) is 4.66. The first-order chi connectivity index (χ1) is 8.08. The Morgan fingerprint density at radius 3 is 2.29 bits per heavy atom. The molecule has 0 heterocycles. The molecule has 1 rings (SSSR count). The summed E-state index contributed by atoms with van der Waals surface area (Å²) < 4.78 is 0. The number of aliphatic hydroxyl groups is 1. The zero-order valence-corrected chi connectivity index (χ0v) is 9.51. The second kappa shape index (κ2) is 6.00. The number of aliphatic hydroxyl groups excluding tert-OH is 1. The SMILES string of the molecule is CCc1ccc(C(=O)NC(CO)C(=O)O)cc1. The highest BCUT2D eigenvalue weighted by Crippen LogP contribution is 2.05. The van der Waals surface area contributed by atoms with Crippen molar-refractivity contribution in [2.45, 2.75) is 19.4 Å². The molecule has 1 atom stereocenters. The summed E-state index contributed by atoms with van der Waals surface area (Å²) in [6.07, 6.45) is 0.871. The van der Waals surface area contributed by atoms with Crippen LogP contribution in [-0.4, -0.2) is 34.7 Å². The van der Waals surface area contributed by atoms with Crippen LogP contribution in [0.25, 0.3) is 0 Å². The van der Waals surface area contributed by atoms with Crippen LogP contribution in [0.4, 0.5) is 0 Å². The quantitative estimate of drug-likeness (QED) is 0.693. The zero-order valence-electron chi connectivity index (χ0n) is 9.51. The van der Waals surface area contributed by atoms with Gasteiger partial charge in [0.25, 0.3) is 5.91 Å². The van der Waals surface area contributed by atoms with Crippen LogP contribution >= 0.6 is 0 Å². The van der Waals surface area contributed by atoms with Crippen molar-refractivity contribution in [1.82, 2.24) is 5.32 Å². The number of amides is 1. The van der Waals surface area contributed by atoms with E-state index in [0.29, 0.717) is 5.56 Å². The number of nitrogens with one attached hydrogen (secondary N) is 1. The van der Waals surface area contributed by atoms with Crippen molar-refractivity contribution in [2.24, 2.45) is 0 Å². The molecular weight excluding hydrogens is 222 g/mol. The van der Waals surface area contributed by atoms with Gasteiger partial charge in [0.05, 0.1) is 6.61 Å². The first-order valence-electron chi connectivity index (χ1n) is 5.32. The van der Waals surface area contributed by atoms with Gasteiger partial charge in [-0.2, -0.15) is 0 Å². The molecule has 3 N–H and O–H groups in total. The second-order valence-electron chi connectivity index (χ2n) is 3.60. The predicted octanol–water partition coefficient (Wildman–Crippen LogP) is 0.424. The molecule has 5 nitrogen and oxygen atoms in total. The highest BCUT2D eigenvalue weighted by molar-refractivity contribution is 5.96. The lowest BCUT2D eigenvalue weighted by Crippen LogP contribution is -2.43. The fourth-order valence-electron chi connectivity index (χ4n) is 1.32. The summed E-state index contributed by atoms with van der Waals surface area (Å²) in [5.41, 5.74) is 1.47. The molecule has 0 aromatic heterocycles. The van der Waals surface area contributed by atoms with Crippen molar-refractivity contribution in [3.63, 3.8) is 0 Å². The molecule has 0 saturated heterocycles. The van der Waals surface area contributed by atoms with E-state index in [9.17, 15) is 9.59 Å². The minimum atomic E-state index is -1.27. The van der Waals surface area contributed by atoms with Crippen molar-refractivity contribution in [3.8, 4) is 0 Å². The monoisotopic (exact) mass is 237 g/mol. The van der Waals surface area contributed by atoms with Crippen molar-refractivity contribution < 1.29 is 19.8 Å². The van der Waals surface area contributed by atoms with E-state index in [4.69, 9.17) is 10.2 Å². The number of carboxylic acids is 1. The molecule has 0 radical (unpaired) electrons.